The van der Waals surface area contributed by atoms with E-state index in [1.165, 1.54) is 0 Å². The molecule has 0 radical (unpaired) electrons. The lowest BCUT2D eigenvalue weighted by Gasteiger charge is -2.15. The van der Waals surface area contributed by atoms with E-state index < -0.39 is 0 Å². The maximum Gasteiger partial charge on any atom is 0.254 e. The third-order valence-corrected chi connectivity index (χ3v) is 2.40. The van der Waals surface area contributed by atoms with Crippen LogP contribution in [-0.2, 0) is 6.42 Å². The molecular weight excluding hydrogens is 224 g/mol. The molecule has 86 valence electrons. The van der Waals surface area contributed by atoms with Crippen molar-refractivity contribution in [2.75, 3.05) is 13.6 Å². The molecule has 16 heavy (non-hydrogen) atoms. The van der Waals surface area contributed by atoms with Crippen molar-refractivity contribution in [2.24, 2.45) is 0 Å². The second kappa shape index (κ2) is 5.66. The lowest BCUT2D eigenvalue weighted by atomic mass is 10.2. The van der Waals surface area contributed by atoms with Gasteiger partial charge in [-0.3, -0.25) is 4.79 Å². The smallest absolute Gasteiger partial charge is 0.254 e. The Balaban J connectivity index is 2.98. The fourth-order valence-electron chi connectivity index (χ4n) is 1.35. The Kier molecular flexibility index (Phi) is 4.50. The van der Waals surface area contributed by atoms with Crippen LogP contribution in [0.4, 0.5) is 0 Å². The van der Waals surface area contributed by atoms with Gasteiger partial charge in [0.2, 0.25) is 0 Å². The summed E-state index contributed by atoms with van der Waals surface area (Å²) < 4.78 is 0. The molecule has 0 saturated heterocycles. The number of halogens is 1. The molecule has 4 heteroatoms. The summed E-state index contributed by atoms with van der Waals surface area (Å²) in [6, 6.07) is 3.36. The summed E-state index contributed by atoms with van der Waals surface area (Å²) in [5.74, 6) is -0.0705. The van der Waals surface area contributed by atoms with Crippen molar-refractivity contribution in [3.8, 4) is 0 Å². The molecule has 0 spiro atoms. The Bertz CT molecular complexity index is 404. The molecular formula is C12H15ClN2O. The van der Waals surface area contributed by atoms with Gasteiger partial charge in [-0.2, -0.15) is 0 Å². The van der Waals surface area contributed by atoms with Crippen LogP contribution in [0, 0.1) is 0 Å². The molecule has 0 aliphatic rings. The number of rotatable bonds is 4. The maximum atomic E-state index is 11.9. The summed E-state index contributed by atoms with van der Waals surface area (Å²) in [6.07, 6.45) is 2.44. The number of carbonyl (C=O) groups is 1. The number of nitrogens with zero attached hydrogens (tertiary/aromatic N) is 2. The zero-order valence-electron chi connectivity index (χ0n) is 9.53. The normalized spacial score (nSPS) is 9.94. The summed E-state index contributed by atoms with van der Waals surface area (Å²) >= 11 is 5.85. The fraction of sp³-hybridized carbons (Fsp3) is 0.333. The van der Waals surface area contributed by atoms with Gasteiger partial charge < -0.3 is 4.90 Å². The Morgan fingerprint density at radius 2 is 2.31 bits per heavy atom. The predicted octanol–water partition coefficient (Wildman–Crippen LogP) is 2.56. The van der Waals surface area contributed by atoms with Gasteiger partial charge in [0, 0.05) is 24.8 Å². The van der Waals surface area contributed by atoms with Gasteiger partial charge in [0.15, 0.2) is 0 Å². The lowest BCUT2D eigenvalue weighted by Crippen LogP contribution is -2.26. The largest absolute Gasteiger partial charge is 0.338 e. The number of carbonyl (C=O) groups excluding carboxylic acids is 1. The minimum atomic E-state index is -0.0705. The van der Waals surface area contributed by atoms with Crippen molar-refractivity contribution in [1.29, 1.82) is 0 Å². The summed E-state index contributed by atoms with van der Waals surface area (Å²) in [4.78, 5) is 17.6. The van der Waals surface area contributed by atoms with E-state index in [1.807, 2.05) is 6.92 Å². The molecule has 0 fully saturated rings. The SMILES string of the molecule is C=CCN(C)C(=O)c1cc(Cl)nc(CC)c1. The topological polar surface area (TPSA) is 33.2 Å². The van der Waals surface area contributed by atoms with E-state index >= 15 is 0 Å². The van der Waals surface area contributed by atoms with Crippen molar-refractivity contribution in [3.63, 3.8) is 0 Å². The standard InChI is InChI=1S/C12H15ClN2O/c1-4-6-15(3)12(16)9-7-10(5-2)14-11(13)8-9/h4,7-8H,1,5-6H2,2-3H3. The van der Waals surface area contributed by atoms with Crippen LogP contribution >= 0.6 is 11.6 Å². The second-order valence-corrected chi connectivity index (χ2v) is 3.89. The molecule has 0 saturated carbocycles. The highest BCUT2D eigenvalue weighted by molar-refractivity contribution is 6.29. The van der Waals surface area contributed by atoms with E-state index in [-0.39, 0.29) is 5.91 Å². The van der Waals surface area contributed by atoms with Gasteiger partial charge in [-0.25, -0.2) is 4.98 Å². The van der Waals surface area contributed by atoms with Crippen molar-refractivity contribution >= 4 is 17.5 Å². The number of aryl methyl sites for hydroxylation is 1. The Morgan fingerprint density at radius 3 is 2.88 bits per heavy atom. The van der Waals surface area contributed by atoms with Crippen molar-refractivity contribution < 1.29 is 4.79 Å². The second-order valence-electron chi connectivity index (χ2n) is 3.50. The van der Waals surface area contributed by atoms with Crippen molar-refractivity contribution in [2.45, 2.75) is 13.3 Å². The van der Waals surface area contributed by atoms with Crippen LogP contribution < -0.4 is 0 Å². The molecule has 1 aromatic heterocycles. The number of hydrogen-bond donors (Lipinski definition) is 0. The highest BCUT2D eigenvalue weighted by Crippen LogP contribution is 2.13. The van der Waals surface area contributed by atoms with Crippen LogP contribution in [0.5, 0.6) is 0 Å². The lowest BCUT2D eigenvalue weighted by molar-refractivity contribution is 0.0810. The number of likely N-dealkylation sites (N-methyl/N-ethyl adjacent to an activating group) is 1. The first-order valence-corrected chi connectivity index (χ1v) is 5.49. The van der Waals surface area contributed by atoms with E-state index in [4.69, 9.17) is 11.6 Å². The van der Waals surface area contributed by atoms with Crippen LogP contribution in [0.2, 0.25) is 5.15 Å². The molecule has 1 aromatic rings. The quantitative estimate of drug-likeness (QED) is 0.597. The molecule has 0 aliphatic carbocycles. The minimum absolute atomic E-state index is 0.0705. The minimum Gasteiger partial charge on any atom is -0.338 e. The van der Waals surface area contributed by atoms with E-state index in [2.05, 4.69) is 11.6 Å². The monoisotopic (exact) mass is 238 g/mol. The Morgan fingerprint density at radius 1 is 1.62 bits per heavy atom. The number of pyridine rings is 1. The molecule has 3 nitrogen and oxygen atoms in total. The average Bonchev–Trinajstić information content (AvgIpc) is 2.27. The van der Waals surface area contributed by atoms with Gasteiger partial charge in [-0.15, -0.1) is 6.58 Å². The van der Waals surface area contributed by atoms with Crippen LogP contribution in [-0.4, -0.2) is 29.4 Å². The summed E-state index contributed by atoms with van der Waals surface area (Å²) in [5.41, 5.74) is 1.39. The molecule has 0 N–H and O–H groups in total. The van der Waals surface area contributed by atoms with E-state index in [9.17, 15) is 4.79 Å². The van der Waals surface area contributed by atoms with Crippen LogP contribution in [0.1, 0.15) is 23.0 Å². The first-order chi connectivity index (χ1) is 7.58. The molecule has 1 amide bonds. The van der Waals surface area contributed by atoms with Gasteiger partial charge in [-0.1, -0.05) is 24.6 Å². The Hall–Kier alpha value is -1.35. The molecule has 0 bridgehead atoms. The van der Waals surface area contributed by atoms with Gasteiger partial charge in [0.05, 0.1) is 0 Å². The van der Waals surface area contributed by atoms with Crippen molar-refractivity contribution in [1.82, 2.24) is 9.88 Å². The first kappa shape index (κ1) is 12.7. The van der Waals surface area contributed by atoms with Gasteiger partial charge in [0.1, 0.15) is 5.15 Å². The van der Waals surface area contributed by atoms with Crippen LogP contribution in [0.3, 0.4) is 0 Å². The molecule has 0 aromatic carbocycles. The van der Waals surface area contributed by atoms with E-state index in [0.717, 1.165) is 12.1 Å². The van der Waals surface area contributed by atoms with E-state index in [0.29, 0.717) is 17.3 Å². The third-order valence-electron chi connectivity index (χ3n) is 2.21. The van der Waals surface area contributed by atoms with Crippen molar-refractivity contribution in [3.05, 3.63) is 41.2 Å². The number of amides is 1. The molecule has 0 atom stereocenters. The highest BCUT2D eigenvalue weighted by Gasteiger charge is 2.12. The molecule has 1 rings (SSSR count). The first-order valence-electron chi connectivity index (χ1n) is 5.11. The van der Waals surface area contributed by atoms with E-state index in [1.54, 1.807) is 30.2 Å². The van der Waals surface area contributed by atoms with Gasteiger partial charge >= 0.3 is 0 Å². The molecule has 0 aliphatic heterocycles. The number of hydrogen-bond acceptors (Lipinski definition) is 2. The third kappa shape index (κ3) is 3.07. The van der Waals surface area contributed by atoms with Gasteiger partial charge in [0.25, 0.3) is 5.91 Å². The summed E-state index contributed by atoms with van der Waals surface area (Å²) in [5, 5.41) is 0.356. The zero-order valence-corrected chi connectivity index (χ0v) is 10.3. The van der Waals surface area contributed by atoms with Crippen LogP contribution in [0.25, 0.3) is 0 Å². The maximum absolute atomic E-state index is 11.9. The van der Waals surface area contributed by atoms with Gasteiger partial charge in [-0.05, 0) is 18.6 Å². The van der Waals surface area contributed by atoms with Crippen LogP contribution in [0.15, 0.2) is 24.8 Å². The molecule has 1 heterocycles. The summed E-state index contributed by atoms with van der Waals surface area (Å²) in [7, 11) is 1.73. The molecule has 0 unspecified atom stereocenters. The zero-order chi connectivity index (χ0) is 12.1. The average molecular weight is 239 g/mol. The predicted molar refractivity (Wildman–Crippen MR) is 65.8 cm³/mol. The number of aromatic nitrogens is 1. The Labute approximate surface area is 101 Å². The fourth-order valence-corrected chi connectivity index (χ4v) is 1.58. The summed E-state index contributed by atoms with van der Waals surface area (Å²) in [6.45, 7) is 6.08. The highest BCUT2D eigenvalue weighted by atomic mass is 35.5.